The molecule has 0 bridgehead atoms. The van der Waals surface area contributed by atoms with Crippen LogP contribution in [0.4, 0.5) is 28.0 Å². The van der Waals surface area contributed by atoms with Gasteiger partial charge in [0, 0.05) is 31.4 Å². The topological polar surface area (TPSA) is 32.8 Å². The molecule has 3 rings (SSSR count). The summed E-state index contributed by atoms with van der Waals surface area (Å²) in [5, 5.41) is 0. The number of nitrogens with zero attached hydrogens (tertiary/aromatic N) is 2. The number of likely N-dealkylation sites (tertiary alicyclic amines) is 1. The van der Waals surface area contributed by atoms with E-state index in [4.69, 9.17) is 4.74 Å². The Bertz CT molecular complexity index is 918. The number of rotatable bonds is 4. The van der Waals surface area contributed by atoms with Crippen LogP contribution in [0.5, 0.6) is 0 Å². The van der Waals surface area contributed by atoms with Crippen LogP contribution in [0, 0.1) is 5.82 Å². The Kier molecular flexibility index (Phi) is 7.00. The first kappa shape index (κ1) is 23.9. The highest BCUT2D eigenvalue weighted by Gasteiger charge is 2.35. The van der Waals surface area contributed by atoms with Crippen LogP contribution >= 0.6 is 0 Å². The number of piperidine rings is 1. The second-order valence-electron chi connectivity index (χ2n) is 8.97. The number of alkyl halides is 3. The Morgan fingerprint density at radius 1 is 1.06 bits per heavy atom. The van der Waals surface area contributed by atoms with Gasteiger partial charge in [0.2, 0.25) is 0 Å². The number of carbonyl (C=O) groups excluding carboxylic acids is 1. The molecule has 1 heterocycles. The fraction of sp³-hybridized carbons (Fsp3) is 0.458. The molecule has 1 saturated heterocycles. The van der Waals surface area contributed by atoms with Crippen LogP contribution in [0.2, 0.25) is 0 Å². The van der Waals surface area contributed by atoms with E-state index >= 15 is 0 Å². The molecule has 32 heavy (non-hydrogen) atoms. The molecule has 0 aromatic heterocycles. The molecule has 0 aliphatic carbocycles. The smallest absolute Gasteiger partial charge is 0.419 e. The number of hydrogen-bond acceptors (Lipinski definition) is 3. The highest BCUT2D eigenvalue weighted by atomic mass is 19.4. The van der Waals surface area contributed by atoms with Gasteiger partial charge in [0.15, 0.2) is 0 Å². The molecule has 4 nitrogen and oxygen atoms in total. The third-order valence-electron chi connectivity index (χ3n) is 5.33. The lowest BCUT2D eigenvalue weighted by Crippen LogP contribution is -2.48. The molecule has 8 heteroatoms. The van der Waals surface area contributed by atoms with E-state index in [0.29, 0.717) is 31.5 Å². The molecule has 0 N–H and O–H groups in total. The molecular formula is C24H28F4N2O2. The van der Waals surface area contributed by atoms with Crippen molar-refractivity contribution < 1.29 is 27.1 Å². The minimum Gasteiger partial charge on any atom is -0.444 e. The molecule has 0 atom stereocenters. The van der Waals surface area contributed by atoms with E-state index in [9.17, 15) is 22.4 Å². The summed E-state index contributed by atoms with van der Waals surface area (Å²) in [6, 6.07) is 12.5. The van der Waals surface area contributed by atoms with Crippen LogP contribution in [-0.4, -0.2) is 35.7 Å². The van der Waals surface area contributed by atoms with Gasteiger partial charge in [-0.2, -0.15) is 13.2 Å². The maximum absolute atomic E-state index is 13.7. The molecule has 1 amide bonds. The fourth-order valence-corrected chi connectivity index (χ4v) is 3.82. The van der Waals surface area contributed by atoms with E-state index in [1.54, 1.807) is 4.90 Å². The van der Waals surface area contributed by atoms with Crippen molar-refractivity contribution in [2.45, 2.75) is 58.0 Å². The van der Waals surface area contributed by atoms with Crippen LogP contribution in [0.25, 0.3) is 0 Å². The average Bonchev–Trinajstić information content (AvgIpc) is 2.72. The minimum atomic E-state index is -4.75. The van der Waals surface area contributed by atoms with Gasteiger partial charge in [-0.15, -0.1) is 0 Å². The summed E-state index contributed by atoms with van der Waals surface area (Å²) in [4.78, 5) is 16.0. The highest BCUT2D eigenvalue weighted by molar-refractivity contribution is 5.68. The predicted octanol–water partition coefficient (Wildman–Crippen LogP) is 6.25. The van der Waals surface area contributed by atoms with Gasteiger partial charge in [0.25, 0.3) is 0 Å². The van der Waals surface area contributed by atoms with Crippen molar-refractivity contribution in [1.29, 1.82) is 0 Å². The van der Waals surface area contributed by atoms with Crippen LogP contribution in [-0.2, 0) is 17.5 Å². The Labute approximate surface area is 185 Å². The van der Waals surface area contributed by atoms with Crippen molar-refractivity contribution in [1.82, 2.24) is 4.90 Å². The zero-order chi connectivity index (χ0) is 23.5. The molecule has 1 aliphatic heterocycles. The number of ether oxygens (including phenoxy) is 1. The number of carbonyl (C=O) groups is 1. The summed E-state index contributed by atoms with van der Waals surface area (Å²) < 4.78 is 58.7. The zero-order valence-corrected chi connectivity index (χ0v) is 18.5. The third kappa shape index (κ3) is 6.14. The molecule has 1 aliphatic rings. The molecule has 0 radical (unpaired) electrons. The van der Waals surface area contributed by atoms with Crippen LogP contribution in [0.1, 0.15) is 44.7 Å². The molecular weight excluding hydrogens is 424 g/mol. The van der Waals surface area contributed by atoms with Crippen LogP contribution < -0.4 is 4.90 Å². The lowest BCUT2D eigenvalue weighted by Gasteiger charge is -2.40. The van der Waals surface area contributed by atoms with Gasteiger partial charge in [-0.05, 0) is 63.4 Å². The van der Waals surface area contributed by atoms with Crippen LogP contribution in [0.15, 0.2) is 48.5 Å². The Balaban J connectivity index is 1.78. The van der Waals surface area contributed by atoms with Gasteiger partial charge >= 0.3 is 12.3 Å². The van der Waals surface area contributed by atoms with E-state index in [0.717, 1.165) is 17.8 Å². The fourth-order valence-electron chi connectivity index (χ4n) is 3.82. The number of amides is 1. The maximum atomic E-state index is 13.7. The molecule has 1 fully saturated rings. The Hall–Kier alpha value is -2.77. The van der Waals surface area contributed by atoms with E-state index < -0.39 is 23.2 Å². The van der Waals surface area contributed by atoms with Crippen molar-refractivity contribution in [2.75, 3.05) is 18.0 Å². The molecule has 0 saturated carbocycles. The molecule has 0 spiro atoms. The van der Waals surface area contributed by atoms with E-state index in [-0.39, 0.29) is 18.7 Å². The number of anilines is 1. The van der Waals surface area contributed by atoms with Crippen molar-refractivity contribution in [2.24, 2.45) is 0 Å². The van der Waals surface area contributed by atoms with Crippen molar-refractivity contribution >= 4 is 11.8 Å². The normalized spacial score (nSPS) is 15.5. The molecule has 0 unspecified atom stereocenters. The largest absolute Gasteiger partial charge is 0.444 e. The Morgan fingerprint density at radius 3 is 2.25 bits per heavy atom. The number of hydrogen-bond donors (Lipinski definition) is 0. The van der Waals surface area contributed by atoms with E-state index in [2.05, 4.69) is 0 Å². The van der Waals surface area contributed by atoms with Gasteiger partial charge in [-0.1, -0.05) is 24.3 Å². The standard InChI is InChI=1S/C24H28F4N2O2/c1-23(2,3)32-22(31)29-13-11-19(12-14-29)30(18-7-5-4-6-8-18)16-17-9-10-21(25)20(15-17)24(26,27)28/h4-10,15,19H,11-14,16H2,1-3H3. The first-order chi connectivity index (χ1) is 14.9. The monoisotopic (exact) mass is 452 g/mol. The average molecular weight is 452 g/mol. The maximum Gasteiger partial charge on any atom is 0.419 e. The molecule has 2 aromatic rings. The number of para-hydroxylation sites is 1. The quantitative estimate of drug-likeness (QED) is 0.514. The summed E-state index contributed by atoms with van der Waals surface area (Å²) >= 11 is 0. The van der Waals surface area contributed by atoms with Crippen LogP contribution in [0.3, 0.4) is 0 Å². The second-order valence-corrected chi connectivity index (χ2v) is 8.97. The van der Waals surface area contributed by atoms with Crippen molar-refractivity contribution in [3.63, 3.8) is 0 Å². The Morgan fingerprint density at radius 2 is 1.69 bits per heavy atom. The number of halogens is 4. The summed E-state index contributed by atoms with van der Waals surface area (Å²) in [5.41, 5.74) is -0.607. The van der Waals surface area contributed by atoms with Gasteiger partial charge in [0.1, 0.15) is 11.4 Å². The number of benzene rings is 2. The second kappa shape index (κ2) is 9.38. The lowest BCUT2D eigenvalue weighted by molar-refractivity contribution is -0.140. The summed E-state index contributed by atoms with van der Waals surface area (Å²) in [6.07, 6.45) is -3.84. The zero-order valence-electron chi connectivity index (χ0n) is 18.5. The van der Waals surface area contributed by atoms with Crippen molar-refractivity contribution in [3.05, 3.63) is 65.5 Å². The van der Waals surface area contributed by atoms with Gasteiger partial charge in [-0.3, -0.25) is 0 Å². The summed E-state index contributed by atoms with van der Waals surface area (Å²) in [6.45, 7) is 6.61. The minimum absolute atomic E-state index is 0.00970. The van der Waals surface area contributed by atoms with E-state index in [1.807, 2.05) is 56.0 Å². The van der Waals surface area contributed by atoms with Gasteiger partial charge in [-0.25, -0.2) is 9.18 Å². The molecule has 2 aromatic carbocycles. The first-order valence-corrected chi connectivity index (χ1v) is 10.6. The summed E-state index contributed by atoms with van der Waals surface area (Å²) in [7, 11) is 0. The lowest BCUT2D eigenvalue weighted by atomic mass is 10.0. The first-order valence-electron chi connectivity index (χ1n) is 10.6. The van der Waals surface area contributed by atoms with Crippen molar-refractivity contribution in [3.8, 4) is 0 Å². The van der Waals surface area contributed by atoms with E-state index in [1.165, 1.54) is 6.07 Å². The SMILES string of the molecule is CC(C)(C)OC(=O)N1CCC(N(Cc2ccc(F)c(C(F)(F)F)c2)c2ccccc2)CC1. The highest BCUT2D eigenvalue weighted by Crippen LogP contribution is 2.33. The summed E-state index contributed by atoms with van der Waals surface area (Å²) in [5.74, 6) is -1.28. The van der Waals surface area contributed by atoms with Gasteiger partial charge < -0.3 is 14.5 Å². The van der Waals surface area contributed by atoms with Gasteiger partial charge in [0.05, 0.1) is 5.56 Å². The predicted molar refractivity (Wildman–Crippen MR) is 115 cm³/mol. The third-order valence-corrected chi connectivity index (χ3v) is 5.33. The molecule has 174 valence electrons.